The van der Waals surface area contributed by atoms with Crippen LogP contribution in [0.5, 0.6) is 0 Å². The van der Waals surface area contributed by atoms with E-state index in [1.165, 1.54) is 18.9 Å². The molecular formula is C15H20FNO2. The fourth-order valence-electron chi connectivity index (χ4n) is 2.75. The normalized spacial score (nSPS) is 18.8. The lowest BCUT2D eigenvalue weighted by molar-refractivity contribution is -0.138. The number of hydrogen-bond donors (Lipinski definition) is 1. The summed E-state index contributed by atoms with van der Waals surface area (Å²) in [6, 6.07) is 6.16. The first-order chi connectivity index (χ1) is 9.18. The van der Waals surface area contributed by atoms with E-state index < -0.39 is 5.97 Å². The Hall–Kier alpha value is -1.42. The van der Waals surface area contributed by atoms with E-state index >= 15 is 0 Å². The number of aliphatic carboxylic acids is 1. The van der Waals surface area contributed by atoms with Crippen molar-refractivity contribution in [1.29, 1.82) is 0 Å². The minimum Gasteiger partial charge on any atom is -0.481 e. The fourth-order valence-corrected chi connectivity index (χ4v) is 2.75. The molecule has 0 saturated carbocycles. The van der Waals surface area contributed by atoms with Crippen LogP contribution in [0.15, 0.2) is 24.3 Å². The second-order valence-electron chi connectivity index (χ2n) is 5.09. The van der Waals surface area contributed by atoms with Crippen LogP contribution in [0.2, 0.25) is 0 Å². The van der Waals surface area contributed by atoms with Gasteiger partial charge in [-0.3, -0.25) is 9.69 Å². The van der Waals surface area contributed by atoms with Crippen LogP contribution in [-0.2, 0) is 4.79 Å². The van der Waals surface area contributed by atoms with Gasteiger partial charge in [0.1, 0.15) is 5.82 Å². The first-order valence-corrected chi connectivity index (χ1v) is 6.89. The molecule has 0 radical (unpaired) electrons. The van der Waals surface area contributed by atoms with Gasteiger partial charge in [0.2, 0.25) is 0 Å². The van der Waals surface area contributed by atoms with Crippen molar-refractivity contribution in [3.8, 4) is 0 Å². The molecule has 19 heavy (non-hydrogen) atoms. The average Bonchev–Trinajstić information content (AvgIpc) is 2.65. The van der Waals surface area contributed by atoms with Crippen molar-refractivity contribution in [2.75, 3.05) is 13.1 Å². The van der Waals surface area contributed by atoms with Crippen LogP contribution in [0.4, 0.5) is 4.39 Å². The van der Waals surface area contributed by atoms with Crippen LogP contribution in [0, 0.1) is 5.82 Å². The monoisotopic (exact) mass is 265 g/mol. The van der Waals surface area contributed by atoms with Crippen LogP contribution in [0.3, 0.4) is 0 Å². The Balaban J connectivity index is 2.24. The molecule has 1 fully saturated rings. The topological polar surface area (TPSA) is 40.5 Å². The van der Waals surface area contributed by atoms with E-state index in [9.17, 15) is 9.18 Å². The Labute approximate surface area is 113 Å². The molecule has 1 N–H and O–H groups in total. The van der Waals surface area contributed by atoms with Crippen molar-refractivity contribution in [3.05, 3.63) is 35.6 Å². The van der Waals surface area contributed by atoms with E-state index in [1.54, 1.807) is 18.2 Å². The van der Waals surface area contributed by atoms with Crippen LogP contribution >= 0.6 is 0 Å². The highest BCUT2D eigenvalue weighted by atomic mass is 19.1. The second kappa shape index (κ2) is 6.66. The molecule has 1 saturated heterocycles. The first-order valence-electron chi connectivity index (χ1n) is 6.89. The van der Waals surface area contributed by atoms with Gasteiger partial charge in [0.05, 0.1) is 6.42 Å². The Morgan fingerprint density at radius 3 is 2.42 bits per heavy atom. The summed E-state index contributed by atoms with van der Waals surface area (Å²) in [5.41, 5.74) is 0.506. The molecule has 104 valence electrons. The highest BCUT2D eigenvalue weighted by Gasteiger charge is 2.25. The van der Waals surface area contributed by atoms with Crippen molar-refractivity contribution in [3.63, 3.8) is 0 Å². The lowest BCUT2D eigenvalue weighted by atomic mass is 10.0. The summed E-state index contributed by atoms with van der Waals surface area (Å²) in [6.07, 6.45) is 4.43. The van der Waals surface area contributed by atoms with Gasteiger partial charge in [-0.05, 0) is 32.0 Å². The van der Waals surface area contributed by atoms with Gasteiger partial charge >= 0.3 is 5.97 Å². The van der Waals surface area contributed by atoms with Crippen molar-refractivity contribution >= 4 is 5.97 Å². The average molecular weight is 265 g/mol. The van der Waals surface area contributed by atoms with Gasteiger partial charge in [-0.1, -0.05) is 31.0 Å². The predicted octanol–water partition coefficient (Wildman–Crippen LogP) is 3.22. The number of hydrogen-bond acceptors (Lipinski definition) is 2. The minimum absolute atomic E-state index is 0.0407. The minimum atomic E-state index is -0.877. The summed E-state index contributed by atoms with van der Waals surface area (Å²) in [6.45, 7) is 1.71. The van der Waals surface area contributed by atoms with E-state index in [0.717, 1.165) is 25.9 Å². The summed E-state index contributed by atoms with van der Waals surface area (Å²) in [5.74, 6) is -1.18. The van der Waals surface area contributed by atoms with Gasteiger partial charge in [0.15, 0.2) is 0 Å². The molecule has 1 atom stereocenters. The molecule has 0 bridgehead atoms. The molecule has 1 aromatic carbocycles. The van der Waals surface area contributed by atoms with Crippen LogP contribution in [0.25, 0.3) is 0 Å². The van der Waals surface area contributed by atoms with Crippen molar-refractivity contribution in [2.45, 2.75) is 38.1 Å². The summed E-state index contributed by atoms with van der Waals surface area (Å²) in [7, 11) is 0. The number of rotatable bonds is 4. The van der Waals surface area contributed by atoms with Gasteiger partial charge < -0.3 is 5.11 Å². The Kier molecular flexibility index (Phi) is 4.91. The predicted molar refractivity (Wildman–Crippen MR) is 71.4 cm³/mol. The zero-order valence-corrected chi connectivity index (χ0v) is 11.0. The molecule has 1 aliphatic heterocycles. The maximum absolute atomic E-state index is 13.9. The van der Waals surface area contributed by atoms with Gasteiger partial charge in [-0.15, -0.1) is 0 Å². The van der Waals surface area contributed by atoms with E-state index in [2.05, 4.69) is 4.90 Å². The largest absolute Gasteiger partial charge is 0.481 e. The number of benzene rings is 1. The van der Waals surface area contributed by atoms with Gasteiger partial charge in [0.25, 0.3) is 0 Å². The molecule has 3 nitrogen and oxygen atoms in total. The molecule has 0 aromatic heterocycles. The fraction of sp³-hybridized carbons (Fsp3) is 0.533. The summed E-state index contributed by atoms with van der Waals surface area (Å²) >= 11 is 0. The number of carboxylic acids is 1. The third kappa shape index (κ3) is 3.77. The smallest absolute Gasteiger partial charge is 0.305 e. The van der Waals surface area contributed by atoms with Gasteiger partial charge in [-0.25, -0.2) is 4.39 Å². The van der Waals surface area contributed by atoms with Crippen LogP contribution in [-0.4, -0.2) is 29.1 Å². The number of likely N-dealkylation sites (tertiary alicyclic amines) is 1. The Morgan fingerprint density at radius 1 is 1.21 bits per heavy atom. The summed E-state index contributed by atoms with van der Waals surface area (Å²) in [4.78, 5) is 13.2. The van der Waals surface area contributed by atoms with E-state index in [-0.39, 0.29) is 18.3 Å². The molecule has 0 aliphatic carbocycles. The number of carboxylic acid groups (broad SMARTS) is 1. The van der Waals surface area contributed by atoms with Crippen molar-refractivity contribution in [1.82, 2.24) is 4.90 Å². The maximum atomic E-state index is 13.9. The number of carbonyl (C=O) groups is 1. The molecule has 1 aliphatic rings. The van der Waals surface area contributed by atoms with E-state index in [0.29, 0.717) is 5.56 Å². The van der Waals surface area contributed by atoms with Crippen molar-refractivity contribution in [2.24, 2.45) is 0 Å². The Bertz CT molecular complexity index is 428. The molecular weight excluding hydrogens is 245 g/mol. The molecule has 1 aromatic rings. The highest BCUT2D eigenvalue weighted by Crippen LogP contribution is 2.28. The summed E-state index contributed by atoms with van der Waals surface area (Å²) < 4.78 is 13.9. The molecule has 1 unspecified atom stereocenters. The number of nitrogens with zero attached hydrogens (tertiary/aromatic N) is 1. The lowest BCUT2D eigenvalue weighted by Gasteiger charge is -2.30. The lowest BCUT2D eigenvalue weighted by Crippen LogP contribution is -2.32. The standard InChI is InChI=1S/C15H20FNO2/c16-13-8-4-3-7-12(13)14(11-15(18)19)17-9-5-1-2-6-10-17/h3-4,7-8,14H,1-2,5-6,9-11H2,(H,18,19). The third-order valence-corrected chi connectivity index (χ3v) is 3.71. The van der Waals surface area contributed by atoms with Gasteiger partial charge in [0, 0.05) is 11.6 Å². The number of halogens is 1. The van der Waals surface area contributed by atoms with Crippen LogP contribution in [0.1, 0.15) is 43.7 Å². The van der Waals surface area contributed by atoms with E-state index in [1.807, 2.05) is 0 Å². The Morgan fingerprint density at radius 2 is 1.84 bits per heavy atom. The van der Waals surface area contributed by atoms with Gasteiger partial charge in [-0.2, -0.15) is 0 Å². The maximum Gasteiger partial charge on any atom is 0.305 e. The zero-order valence-electron chi connectivity index (χ0n) is 11.0. The van der Waals surface area contributed by atoms with Crippen molar-refractivity contribution < 1.29 is 14.3 Å². The highest BCUT2D eigenvalue weighted by molar-refractivity contribution is 5.68. The SMILES string of the molecule is O=C(O)CC(c1ccccc1F)N1CCCCCC1. The molecule has 2 rings (SSSR count). The molecule has 4 heteroatoms. The van der Waals surface area contributed by atoms with Crippen LogP contribution < -0.4 is 0 Å². The second-order valence-corrected chi connectivity index (χ2v) is 5.09. The summed E-state index contributed by atoms with van der Waals surface area (Å²) in [5, 5.41) is 9.09. The molecule has 0 spiro atoms. The molecule has 1 heterocycles. The third-order valence-electron chi connectivity index (χ3n) is 3.71. The molecule has 0 amide bonds. The first kappa shape index (κ1) is 14.0. The zero-order chi connectivity index (χ0) is 13.7. The van der Waals surface area contributed by atoms with E-state index in [4.69, 9.17) is 5.11 Å². The quantitative estimate of drug-likeness (QED) is 0.908.